The van der Waals surface area contributed by atoms with Gasteiger partial charge in [-0.05, 0) is 38.1 Å². The molecule has 3 aromatic rings. The van der Waals surface area contributed by atoms with E-state index in [-0.39, 0.29) is 11.2 Å². The molecule has 1 N–H and O–H groups in total. The maximum atomic E-state index is 13.1. The lowest BCUT2D eigenvalue weighted by molar-refractivity contribution is 0.290. The average molecular weight is 372 g/mol. The van der Waals surface area contributed by atoms with E-state index in [1.165, 1.54) is 17.6 Å². The van der Waals surface area contributed by atoms with E-state index < -0.39 is 0 Å². The van der Waals surface area contributed by atoms with Gasteiger partial charge in [0.15, 0.2) is 0 Å². The molecule has 0 fully saturated rings. The van der Waals surface area contributed by atoms with Crippen LogP contribution in [0, 0.1) is 6.92 Å². The van der Waals surface area contributed by atoms with Crippen LogP contribution in [0.1, 0.15) is 37.6 Å². The predicted octanol–water partition coefficient (Wildman–Crippen LogP) is 4.33. The van der Waals surface area contributed by atoms with Crippen LogP contribution < -0.4 is 5.43 Å². The number of benzene rings is 1. The quantitative estimate of drug-likeness (QED) is 0.697. The Kier molecular flexibility index (Phi) is 5.44. The number of nitrogens with zero attached hydrogens (tertiary/aromatic N) is 2. The lowest BCUT2D eigenvalue weighted by Gasteiger charge is -2.20. The SMILES string of the molecule is CCc1cc2c(=O)c(-c3nc(C)cs3)coc2c(CN(CC)CC)c1O. The Hall–Kier alpha value is -2.18. The molecule has 0 unspecified atom stereocenters. The standard InChI is InChI=1S/C20H24N2O3S/c1-5-13-8-14-18(24)16(20-21-12(4)11-26-20)10-25-19(14)15(17(13)23)9-22(6-2)7-3/h8,10-11,23H,5-7,9H2,1-4H3. The molecule has 0 aliphatic carbocycles. The summed E-state index contributed by atoms with van der Waals surface area (Å²) in [5.74, 6) is 0.230. The number of thiazole rings is 1. The van der Waals surface area contributed by atoms with Crippen LogP contribution in [-0.4, -0.2) is 28.1 Å². The van der Waals surface area contributed by atoms with Gasteiger partial charge in [0.05, 0.1) is 16.5 Å². The maximum absolute atomic E-state index is 13.1. The molecule has 1 aromatic carbocycles. The second kappa shape index (κ2) is 7.60. The summed E-state index contributed by atoms with van der Waals surface area (Å²) >= 11 is 1.43. The van der Waals surface area contributed by atoms with Gasteiger partial charge >= 0.3 is 0 Å². The molecule has 0 bridgehead atoms. The lowest BCUT2D eigenvalue weighted by Crippen LogP contribution is -2.22. The summed E-state index contributed by atoms with van der Waals surface area (Å²) in [5, 5.41) is 13.8. The van der Waals surface area contributed by atoms with E-state index in [1.54, 1.807) is 6.07 Å². The zero-order chi connectivity index (χ0) is 18.8. The van der Waals surface area contributed by atoms with Crippen molar-refractivity contribution in [1.29, 1.82) is 0 Å². The number of aryl methyl sites for hydroxylation is 2. The summed E-state index contributed by atoms with van der Waals surface area (Å²) in [6, 6.07) is 1.76. The first kappa shape index (κ1) is 18.6. The van der Waals surface area contributed by atoms with E-state index in [2.05, 4.69) is 23.7 Å². The smallest absolute Gasteiger partial charge is 0.202 e. The van der Waals surface area contributed by atoms with Gasteiger partial charge in [0.25, 0.3) is 0 Å². The molecule has 26 heavy (non-hydrogen) atoms. The first-order valence-corrected chi connectivity index (χ1v) is 9.82. The molecule has 0 spiro atoms. The van der Waals surface area contributed by atoms with Gasteiger partial charge in [-0.1, -0.05) is 20.8 Å². The number of rotatable bonds is 6. The van der Waals surface area contributed by atoms with Crippen LogP contribution in [-0.2, 0) is 13.0 Å². The van der Waals surface area contributed by atoms with E-state index in [0.29, 0.717) is 40.1 Å². The molecule has 0 aliphatic heterocycles. The van der Waals surface area contributed by atoms with E-state index in [4.69, 9.17) is 4.42 Å². The summed E-state index contributed by atoms with van der Waals surface area (Å²) in [4.78, 5) is 19.7. The maximum Gasteiger partial charge on any atom is 0.202 e. The molecule has 0 radical (unpaired) electrons. The molecule has 0 saturated carbocycles. The minimum atomic E-state index is -0.101. The van der Waals surface area contributed by atoms with Gasteiger partial charge in [-0.25, -0.2) is 4.98 Å². The molecule has 138 valence electrons. The van der Waals surface area contributed by atoms with Crippen LogP contribution in [0.3, 0.4) is 0 Å². The van der Waals surface area contributed by atoms with Crippen LogP contribution in [0.4, 0.5) is 0 Å². The first-order chi connectivity index (χ1) is 12.5. The largest absolute Gasteiger partial charge is 0.507 e. The highest BCUT2D eigenvalue weighted by atomic mass is 32.1. The van der Waals surface area contributed by atoms with Gasteiger partial charge in [-0.15, -0.1) is 11.3 Å². The minimum absolute atomic E-state index is 0.101. The van der Waals surface area contributed by atoms with Crippen LogP contribution >= 0.6 is 11.3 Å². The highest BCUT2D eigenvalue weighted by molar-refractivity contribution is 7.13. The Morgan fingerprint density at radius 3 is 2.58 bits per heavy atom. The molecule has 0 amide bonds. The highest BCUT2D eigenvalue weighted by Crippen LogP contribution is 2.33. The van der Waals surface area contributed by atoms with Gasteiger partial charge < -0.3 is 9.52 Å². The molecule has 2 aromatic heterocycles. The normalized spacial score (nSPS) is 11.6. The lowest BCUT2D eigenvalue weighted by atomic mass is 10.0. The van der Waals surface area contributed by atoms with Crippen molar-refractivity contribution in [3.05, 3.63) is 44.8 Å². The summed E-state index contributed by atoms with van der Waals surface area (Å²) < 4.78 is 5.87. The Morgan fingerprint density at radius 1 is 1.27 bits per heavy atom. The molecular weight excluding hydrogens is 348 g/mol. The molecule has 5 nitrogen and oxygen atoms in total. The fourth-order valence-electron chi connectivity index (χ4n) is 3.10. The Labute approximate surface area is 156 Å². The summed E-state index contributed by atoms with van der Waals surface area (Å²) in [6.07, 6.45) is 2.12. The summed E-state index contributed by atoms with van der Waals surface area (Å²) in [6.45, 7) is 10.3. The van der Waals surface area contributed by atoms with Crippen molar-refractivity contribution in [3.8, 4) is 16.3 Å². The second-order valence-corrected chi connectivity index (χ2v) is 7.19. The molecule has 2 heterocycles. The van der Waals surface area contributed by atoms with Crippen molar-refractivity contribution in [3.63, 3.8) is 0 Å². The van der Waals surface area contributed by atoms with Crippen molar-refractivity contribution < 1.29 is 9.52 Å². The number of hydrogen-bond donors (Lipinski definition) is 1. The zero-order valence-corrected chi connectivity index (χ0v) is 16.4. The molecule has 6 heteroatoms. The van der Waals surface area contributed by atoms with Crippen molar-refractivity contribution in [2.75, 3.05) is 13.1 Å². The third-order valence-electron chi connectivity index (χ3n) is 4.72. The third-order valence-corrected chi connectivity index (χ3v) is 5.71. The van der Waals surface area contributed by atoms with E-state index in [1.807, 2.05) is 19.2 Å². The second-order valence-electron chi connectivity index (χ2n) is 6.33. The number of phenolic OH excluding ortho intramolecular Hbond substituents is 1. The Bertz CT molecular complexity index is 987. The van der Waals surface area contributed by atoms with Crippen molar-refractivity contribution in [1.82, 2.24) is 9.88 Å². The number of hydrogen-bond acceptors (Lipinski definition) is 6. The molecule has 3 rings (SSSR count). The van der Waals surface area contributed by atoms with E-state index in [9.17, 15) is 9.90 Å². The van der Waals surface area contributed by atoms with Crippen LogP contribution in [0.2, 0.25) is 0 Å². The third kappa shape index (κ3) is 3.27. The van der Waals surface area contributed by atoms with Gasteiger partial charge in [-0.3, -0.25) is 9.69 Å². The van der Waals surface area contributed by atoms with Gasteiger partial charge in [-0.2, -0.15) is 0 Å². The van der Waals surface area contributed by atoms with Crippen molar-refractivity contribution >= 4 is 22.3 Å². The fraction of sp³-hybridized carbons (Fsp3) is 0.400. The topological polar surface area (TPSA) is 66.6 Å². The Morgan fingerprint density at radius 2 is 2.00 bits per heavy atom. The first-order valence-electron chi connectivity index (χ1n) is 8.94. The van der Waals surface area contributed by atoms with Crippen molar-refractivity contribution in [2.24, 2.45) is 0 Å². The average Bonchev–Trinajstić information content (AvgIpc) is 3.07. The molecule has 0 saturated heterocycles. The monoisotopic (exact) mass is 372 g/mol. The fourth-order valence-corrected chi connectivity index (χ4v) is 3.90. The zero-order valence-electron chi connectivity index (χ0n) is 15.6. The van der Waals surface area contributed by atoms with Crippen LogP contribution in [0.25, 0.3) is 21.5 Å². The highest BCUT2D eigenvalue weighted by Gasteiger charge is 2.20. The van der Waals surface area contributed by atoms with Gasteiger partial charge in [0.1, 0.15) is 22.6 Å². The number of aromatic nitrogens is 1. The van der Waals surface area contributed by atoms with Crippen LogP contribution in [0.5, 0.6) is 5.75 Å². The predicted molar refractivity (Wildman–Crippen MR) is 106 cm³/mol. The van der Waals surface area contributed by atoms with Crippen LogP contribution in [0.15, 0.2) is 26.9 Å². The molecule has 0 atom stereocenters. The van der Waals surface area contributed by atoms with Gasteiger partial charge in [0.2, 0.25) is 5.43 Å². The van der Waals surface area contributed by atoms with E-state index >= 15 is 0 Å². The number of phenols is 1. The van der Waals surface area contributed by atoms with Gasteiger partial charge in [0, 0.05) is 17.6 Å². The molecular formula is C20H24N2O3S. The molecule has 0 aliphatic rings. The summed E-state index contributed by atoms with van der Waals surface area (Å²) in [5.41, 5.74) is 3.16. The van der Waals surface area contributed by atoms with E-state index in [0.717, 1.165) is 24.3 Å². The minimum Gasteiger partial charge on any atom is -0.507 e. The van der Waals surface area contributed by atoms with Crippen molar-refractivity contribution in [2.45, 2.75) is 40.7 Å². The summed E-state index contributed by atoms with van der Waals surface area (Å²) in [7, 11) is 0. The number of fused-ring (bicyclic) bond motifs is 1. The Balaban J connectivity index is 2.25. The number of aromatic hydroxyl groups is 1.